The first kappa shape index (κ1) is 11.5. The van der Waals surface area contributed by atoms with Crippen molar-refractivity contribution < 1.29 is 15.0 Å². The Bertz CT molecular complexity index is 363. The minimum Gasteiger partial charge on any atom is -0.504 e. The van der Waals surface area contributed by atoms with E-state index in [1.807, 2.05) is 6.92 Å². The molecule has 0 radical (unpaired) electrons. The van der Waals surface area contributed by atoms with Gasteiger partial charge in [-0.25, -0.2) is 0 Å². The number of likely N-dealkylation sites (N-methyl/N-ethyl adjacent to an activating group) is 1. The highest BCUT2D eigenvalue weighted by Gasteiger charge is 2.15. The van der Waals surface area contributed by atoms with Gasteiger partial charge in [-0.1, -0.05) is 6.92 Å². The lowest BCUT2D eigenvalue weighted by Gasteiger charge is -2.11. The van der Waals surface area contributed by atoms with Crippen LogP contribution in [-0.2, 0) is 0 Å². The lowest BCUT2D eigenvalue weighted by Crippen LogP contribution is -2.33. The number of phenolic OH excluding ortho intramolecular Hbond substituents is 2. The van der Waals surface area contributed by atoms with Crippen LogP contribution in [0.1, 0.15) is 24.2 Å². The number of carbonyl (C=O) groups excluding carboxylic acids is 1. The summed E-state index contributed by atoms with van der Waals surface area (Å²) < 4.78 is 0. The molecular weight excluding hydrogens is 194 g/mol. The van der Waals surface area contributed by atoms with Crippen LogP contribution in [0.5, 0.6) is 11.5 Å². The Balaban J connectivity index is 2.87. The highest BCUT2D eigenvalue weighted by molar-refractivity contribution is 6.00. The van der Waals surface area contributed by atoms with Crippen LogP contribution in [0.2, 0.25) is 0 Å². The van der Waals surface area contributed by atoms with Crippen LogP contribution in [0.4, 0.5) is 0 Å². The van der Waals surface area contributed by atoms with Crippen molar-refractivity contribution in [2.24, 2.45) is 0 Å². The number of benzene rings is 1. The number of phenols is 2. The van der Waals surface area contributed by atoms with Crippen molar-refractivity contribution >= 4 is 5.78 Å². The molecule has 4 heteroatoms. The van der Waals surface area contributed by atoms with E-state index in [2.05, 4.69) is 5.32 Å². The summed E-state index contributed by atoms with van der Waals surface area (Å²) in [5, 5.41) is 21.3. The molecule has 1 aromatic carbocycles. The fourth-order valence-electron chi connectivity index (χ4n) is 1.33. The topological polar surface area (TPSA) is 69.6 Å². The van der Waals surface area contributed by atoms with Gasteiger partial charge in [0, 0.05) is 5.56 Å². The molecule has 1 rings (SSSR count). The summed E-state index contributed by atoms with van der Waals surface area (Å²) in [6.45, 7) is 4.38. The molecule has 0 saturated heterocycles. The van der Waals surface area contributed by atoms with Crippen LogP contribution in [0.25, 0.3) is 0 Å². The van der Waals surface area contributed by atoms with Crippen molar-refractivity contribution in [3.63, 3.8) is 0 Å². The number of hydrogen-bond acceptors (Lipinski definition) is 4. The van der Waals surface area contributed by atoms with Crippen molar-refractivity contribution in [1.29, 1.82) is 0 Å². The van der Waals surface area contributed by atoms with Gasteiger partial charge in [-0.3, -0.25) is 4.79 Å². The van der Waals surface area contributed by atoms with Gasteiger partial charge in [0.1, 0.15) is 0 Å². The monoisotopic (exact) mass is 209 g/mol. The minimum atomic E-state index is -0.293. The molecule has 0 aliphatic heterocycles. The van der Waals surface area contributed by atoms with E-state index in [0.717, 1.165) is 0 Å². The number of aromatic hydroxyl groups is 2. The first-order chi connectivity index (χ1) is 7.06. The quantitative estimate of drug-likeness (QED) is 0.516. The van der Waals surface area contributed by atoms with Crippen LogP contribution < -0.4 is 5.32 Å². The summed E-state index contributed by atoms with van der Waals surface area (Å²) in [4.78, 5) is 11.7. The predicted octanol–water partition coefficient (Wildman–Crippen LogP) is 1.28. The fourth-order valence-corrected chi connectivity index (χ4v) is 1.33. The van der Waals surface area contributed by atoms with E-state index < -0.39 is 0 Å². The molecular formula is C11H15NO3. The molecule has 1 aromatic rings. The first-order valence-electron chi connectivity index (χ1n) is 4.85. The molecule has 0 amide bonds. The van der Waals surface area contributed by atoms with Crippen molar-refractivity contribution in [1.82, 2.24) is 5.32 Å². The zero-order valence-electron chi connectivity index (χ0n) is 8.82. The second kappa shape index (κ2) is 4.79. The summed E-state index contributed by atoms with van der Waals surface area (Å²) in [6.07, 6.45) is 0. The summed E-state index contributed by atoms with van der Waals surface area (Å²) in [7, 11) is 0. The van der Waals surface area contributed by atoms with Gasteiger partial charge in [0.2, 0.25) is 0 Å². The number of hydrogen-bond donors (Lipinski definition) is 3. The van der Waals surface area contributed by atoms with Crippen molar-refractivity contribution in [2.75, 3.05) is 6.54 Å². The summed E-state index contributed by atoms with van der Waals surface area (Å²) in [5.74, 6) is -0.598. The smallest absolute Gasteiger partial charge is 0.179 e. The Kier molecular flexibility index (Phi) is 3.68. The van der Waals surface area contributed by atoms with E-state index in [1.54, 1.807) is 6.92 Å². The maximum atomic E-state index is 11.7. The third-order valence-electron chi connectivity index (χ3n) is 2.16. The molecule has 0 heterocycles. The van der Waals surface area contributed by atoms with E-state index in [0.29, 0.717) is 12.1 Å². The summed E-state index contributed by atoms with van der Waals surface area (Å²) >= 11 is 0. The van der Waals surface area contributed by atoms with E-state index in [4.69, 9.17) is 5.11 Å². The molecule has 0 spiro atoms. The molecule has 0 saturated carbocycles. The zero-order chi connectivity index (χ0) is 11.4. The van der Waals surface area contributed by atoms with Crippen molar-refractivity contribution in [3.8, 4) is 11.5 Å². The molecule has 0 aromatic heterocycles. The third kappa shape index (κ3) is 2.70. The predicted molar refractivity (Wildman–Crippen MR) is 57.2 cm³/mol. The average Bonchev–Trinajstić information content (AvgIpc) is 2.21. The normalized spacial score (nSPS) is 12.4. The van der Waals surface area contributed by atoms with Gasteiger partial charge < -0.3 is 15.5 Å². The molecule has 4 nitrogen and oxygen atoms in total. The molecule has 0 fully saturated rings. The summed E-state index contributed by atoms with van der Waals surface area (Å²) in [5.41, 5.74) is 0.388. The van der Waals surface area contributed by atoms with Gasteiger partial charge >= 0.3 is 0 Å². The van der Waals surface area contributed by atoms with Gasteiger partial charge in [0.25, 0.3) is 0 Å². The second-order valence-electron chi connectivity index (χ2n) is 3.35. The van der Waals surface area contributed by atoms with Crippen LogP contribution in [-0.4, -0.2) is 28.6 Å². The van der Waals surface area contributed by atoms with Crippen LogP contribution >= 0.6 is 0 Å². The Morgan fingerprint density at radius 1 is 1.40 bits per heavy atom. The first-order valence-corrected chi connectivity index (χ1v) is 4.85. The Labute approximate surface area is 88.6 Å². The van der Waals surface area contributed by atoms with E-state index >= 15 is 0 Å². The van der Waals surface area contributed by atoms with E-state index in [9.17, 15) is 9.90 Å². The Hall–Kier alpha value is -1.55. The molecule has 82 valence electrons. The maximum Gasteiger partial charge on any atom is 0.179 e. The average molecular weight is 209 g/mol. The van der Waals surface area contributed by atoms with Crippen LogP contribution in [0.15, 0.2) is 18.2 Å². The number of ketones is 1. The van der Waals surface area contributed by atoms with Crippen molar-refractivity contribution in [3.05, 3.63) is 23.8 Å². The molecule has 0 bridgehead atoms. The van der Waals surface area contributed by atoms with Crippen LogP contribution in [0, 0.1) is 0 Å². The molecule has 15 heavy (non-hydrogen) atoms. The largest absolute Gasteiger partial charge is 0.504 e. The lowest BCUT2D eigenvalue weighted by atomic mass is 10.0. The van der Waals surface area contributed by atoms with Gasteiger partial charge in [-0.15, -0.1) is 0 Å². The minimum absolute atomic E-state index is 0.104. The van der Waals surface area contributed by atoms with Crippen molar-refractivity contribution in [2.45, 2.75) is 19.9 Å². The highest BCUT2D eigenvalue weighted by atomic mass is 16.3. The number of nitrogens with one attached hydrogen (secondary N) is 1. The lowest BCUT2D eigenvalue weighted by molar-refractivity contribution is 0.0951. The van der Waals surface area contributed by atoms with Gasteiger partial charge in [-0.05, 0) is 31.7 Å². The standard InChI is InChI=1S/C11H15NO3/c1-3-12-7(2)11(15)8-4-5-9(13)10(14)6-8/h4-7,12-14H,3H2,1-2H3/t7-/m1/s1. The molecule has 1 atom stereocenters. The van der Waals surface area contributed by atoms with E-state index in [1.165, 1.54) is 18.2 Å². The zero-order valence-corrected chi connectivity index (χ0v) is 8.82. The number of Topliss-reactive ketones (excluding diaryl/α,β-unsaturated/α-hetero) is 1. The third-order valence-corrected chi connectivity index (χ3v) is 2.16. The molecule has 0 aliphatic carbocycles. The molecule has 3 N–H and O–H groups in total. The fraction of sp³-hybridized carbons (Fsp3) is 0.364. The summed E-state index contributed by atoms with van der Waals surface area (Å²) in [6, 6.07) is 3.77. The Morgan fingerprint density at radius 3 is 2.60 bits per heavy atom. The SMILES string of the molecule is CCN[C@H](C)C(=O)c1ccc(O)c(O)c1. The van der Waals surface area contributed by atoms with E-state index in [-0.39, 0.29) is 23.3 Å². The maximum absolute atomic E-state index is 11.7. The number of rotatable bonds is 4. The van der Waals surface area contributed by atoms with Gasteiger partial charge in [-0.2, -0.15) is 0 Å². The highest BCUT2D eigenvalue weighted by Crippen LogP contribution is 2.25. The second-order valence-corrected chi connectivity index (χ2v) is 3.35. The molecule has 0 aliphatic rings. The number of carbonyl (C=O) groups is 1. The van der Waals surface area contributed by atoms with Crippen LogP contribution in [0.3, 0.4) is 0 Å². The Morgan fingerprint density at radius 2 is 2.07 bits per heavy atom. The molecule has 0 unspecified atom stereocenters. The van der Waals surface area contributed by atoms with Gasteiger partial charge in [0.05, 0.1) is 6.04 Å². The van der Waals surface area contributed by atoms with Gasteiger partial charge in [0.15, 0.2) is 17.3 Å².